The van der Waals surface area contributed by atoms with Gasteiger partial charge in [-0.1, -0.05) is 77.8 Å². The molecule has 3 aromatic rings. The Morgan fingerprint density at radius 1 is 0.818 bits per heavy atom. The molecule has 0 amide bonds. The lowest BCUT2D eigenvalue weighted by Gasteiger charge is -2.10. The monoisotopic (exact) mass is 308 g/mol. The summed E-state index contributed by atoms with van der Waals surface area (Å²) in [4.78, 5) is 0. The molecule has 0 unspecified atom stereocenters. The lowest BCUT2D eigenvalue weighted by Crippen LogP contribution is -1.96. The largest absolute Gasteiger partial charge is 0.487 e. The summed E-state index contributed by atoms with van der Waals surface area (Å²) in [6, 6.07) is 24.4. The topological polar surface area (TPSA) is 9.23 Å². The Morgan fingerprint density at radius 3 is 2.23 bits per heavy atom. The Kier molecular flexibility index (Phi) is 4.45. The number of ether oxygens (including phenoxy) is 1. The maximum atomic E-state index is 6.35. The average molecular weight is 309 g/mol. The summed E-state index contributed by atoms with van der Waals surface area (Å²) >= 11 is 6.35. The van der Waals surface area contributed by atoms with Crippen LogP contribution in [0.1, 0.15) is 11.1 Å². The minimum Gasteiger partial charge on any atom is -0.487 e. The van der Waals surface area contributed by atoms with Gasteiger partial charge < -0.3 is 4.74 Å². The van der Waals surface area contributed by atoms with Gasteiger partial charge in [-0.05, 0) is 35.7 Å². The quantitative estimate of drug-likeness (QED) is 0.583. The third-order valence-corrected chi connectivity index (χ3v) is 3.85. The molecule has 0 N–H and O–H groups in total. The summed E-state index contributed by atoms with van der Waals surface area (Å²) in [6.45, 7) is 2.59. The lowest BCUT2D eigenvalue weighted by molar-refractivity contribution is 0.306. The van der Waals surface area contributed by atoms with Gasteiger partial charge in [0.1, 0.15) is 12.4 Å². The van der Waals surface area contributed by atoms with Crippen LogP contribution in [0.3, 0.4) is 0 Å². The molecule has 0 spiro atoms. The van der Waals surface area contributed by atoms with Crippen LogP contribution in [0.4, 0.5) is 0 Å². The number of aryl methyl sites for hydroxylation is 1. The van der Waals surface area contributed by atoms with E-state index in [4.69, 9.17) is 16.3 Å². The van der Waals surface area contributed by atoms with Crippen LogP contribution in [0.2, 0.25) is 5.02 Å². The molecule has 0 bridgehead atoms. The van der Waals surface area contributed by atoms with Crippen molar-refractivity contribution in [1.29, 1.82) is 0 Å². The first-order chi connectivity index (χ1) is 10.7. The molecule has 110 valence electrons. The standard InChI is InChI=1S/C20H17ClO/c1-15-7-9-16(10-8-15)14-22-20-12-11-18(13-19(20)21)17-5-3-2-4-6-17/h2-13H,14H2,1H3. The average Bonchev–Trinajstić information content (AvgIpc) is 2.56. The molecule has 0 aliphatic heterocycles. The van der Waals surface area contributed by atoms with E-state index in [1.807, 2.05) is 36.4 Å². The summed E-state index contributed by atoms with van der Waals surface area (Å²) in [5.74, 6) is 0.710. The van der Waals surface area contributed by atoms with Crippen molar-refractivity contribution in [3.63, 3.8) is 0 Å². The van der Waals surface area contributed by atoms with Gasteiger partial charge in [-0.15, -0.1) is 0 Å². The molecular weight excluding hydrogens is 292 g/mol. The highest BCUT2D eigenvalue weighted by molar-refractivity contribution is 6.32. The highest BCUT2D eigenvalue weighted by atomic mass is 35.5. The summed E-state index contributed by atoms with van der Waals surface area (Å²) in [6.07, 6.45) is 0. The third kappa shape index (κ3) is 3.49. The van der Waals surface area contributed by atoms with E-state index in [0.29, 0.717) is 17.4 Å². The highest BCUT2D eigenvalue weighted by Gasteiger charge is 2.05. The van der Waals surface area contributed by atoms with Gasteiger partial charge in [0.05, 0.1) is 5.02 Å². The van der Waals surface area contributed by atoms with Gasteiger partial charge in [0.2, 0.25) is 0 Å². The van der Waals surface area contributed by atoms with E-state index in [1.165, 1.54) is 5.56 Å². The first-order valence-corrected chi connectivity index (χ1v) is 7.63. The van der Waals surface area contributed by atoms with E-state index in [2.05, 4.69) is 43.3 Å². The fraction of sp³-hybridized carbons (Fsp3) is 0.100. The van der Waals surface area contributed by atoms with Crippen molar-refractivity contribution in [2.45, 2.75) is 13.5 Å². The third-order valence-electron chi connectivity index (χ3n) is 3.55. The van der Waals surface area contributed by atoms with Crippen LogP contribution in [-0.4, -0.2) is 0 Å². The predicted molar refractivity (Wildman–Crippen MR) is 92.4 cm³/mol. The summed E-state index contributed by atoms with van der Waals surface area (Å²) < 4.78 is 5.82. The smallest absolute Gasteiger partial charge is 0.138 e. The van der Waals surface area contributed by atoms with Gasteiger partial charge in [-0.2, -0.15) is 0 Å². The zero-order valence-corrected chi connectivity index (χ0v) is 13.2. The van der Waals surface area contributed by atoms with E-state index in [-0.39, 0.29) is 0 Å². The maximum Gasteiger partial charge on any atom is 0.138 e. The second-order valence-electron chi connectivity index (χ2n) is 5.29. The van der Waals surface area contributed by atoms with Crippen molar-refractivity contribution < 1.29 is 4.74 Å². The van der Waals surface area contributed by atoms with Crippen molar-refractivity contribution in [3.05, 3.63) is 88.9 Å². The van der Waals surface area contributed by atoms with E-state index >= 15 is 0 Å². The van der Waals surface area contributed by atoms with Gasteiger partial charge in [0.15, 0.2) is 0 Å². The molecule has 0 aliphatic rings. The molecule has 3 rings (SSSR count). The van der Waals surface area contributed by atoms with Crippen molar-refractivity contribution in [3.8, 4) is 16.9 Å². The fourth-order valence-electron chi connectivity index (χ4n) is 2.27. The van der Waals surface area contributed by atoms with E-state index in [1.54, 1.807) is 0 Å². The van der Waals surface area contributed by atoms with Crippen LogP contribution in [0.5, 0.6) is 5.75 Å². The zero-order valence-electron chi connectivity index (χ0n) is 12.4. The van der Waals surface area contributed by atoms with Crippen LogP contribution in [-0.2, 0) is 6.61 Å². The lowest BCUT2D eigenvalue weighted by atomic mass is 10.1. The fourth-order valence-corrected chi connectivity index (χ4v) is 2.51. The van der Waals surface area contributed by atoms with Crippen molar-refractivity contribution in [1.82, 2.24) is 0 Å². The number of hydrogen-bond donors (Lipinski definition) is 0. The number of rotatable bonds is 4. The van der Waals surface area contributed by atoms with Crippen LogP contribution in [0, 0.1) is 6.92 Å². The molecule has 0 saturated heterocycles. The molecular formula is C20H17ClO. The molecule has 0 aromatic heterocycles. The molecule has 0 radical (unpaired) electrons. The second-order valence-corrected chi connectivity index (χ2v) is 5.69. The van der Waals surface area contributed by atoms with Gasteiger partial charge in [-0.3, -0.25) is 0 Å². The van der Waals surface area contributed by atoms with E-state index < -0.39 is 0 Å². The first kappa shape index (κ1) is 14.7. The molecule has 0 aliphatic carbocycles. The Labute approximate surface area is 136 Å². The van der Waals surface area contributed by atoms with Crippen LogP contribution in [0.25, 0.3) is 11.1 Å². The maximum absolute atomic E-state index is 6.35. The minimum atomic E-state index is 0.519. The van der Waals surface area contributed by atoms with E-state index in [9.17, 15) is 0 Å². The molecule has 3 aromatic carbocycles. The van der Waals surface area contributed by atoms with Gasteiger partial charge >= 0.3 is 0 Å². The molecule has 0 atom stereocenters. The van der Waals surface area contributed by atoms with Crippen molar-refractivity contribution in [2.24, 2.45) is 0 Å². The molecule has 0 saturated carbocycles. The number of benzene rings is 3. The molecule has 1 nitrogen and oxygen atoms in total. The summed E-state index contributed by atoms with van der Waals surface area (Å²) in [7, 11) is 0. The molecule has 22 heavy (non-hydrogen) atoms. The SMILES string of the molecule is Cc1ccc(COc2ccc(-c3ccccc3)cc2Cl)cc1. The zero-order chi connectivity index (χ0) is 15.4. The van der Waals surface area contributed by atoms with Crippen molar-refractivity contribution >= 4 is 11.6 Å². The molecule has 2 heteroatoms. The van der Waals surface area contributed by atoms with Gasteiger partial charge in [0, 0.05) is 0 Å². The molecule has 0 heterocycles. The van der Waals surface area contributed by atoms with Gasteiger partial charge in [-0.25, -0.2) is 0 Å². The number of halogens is 1. The summed E-state index contributed by atoms with van der Waals surface area (Å²) in [5, 5.41) is 0.633. The van der Waals surface area contributed by atoms with Crippen LogP contribution < -0.4 is 4.74 Å². The molecule has 0 fully saturated rings. The Hall–Kier alpha value is -2.25. The van der Waals surface area contributed by atoms with Crippen LogP contribution >= 0.6 is 11.6 Å². The Bertz CT molecular complexity index is 748. The summed E-state index contributed by atoms with van der Waals surface area (Å²) in [5.41, 5.74) is 4.62. The van der Waals surface area contributed by atoms with Crippen LogP contribution in [0.15, 0.2) is 72.8 Å². The highest BCUT2D eigenvalue weighted by Crippen LogP contribution is 2.30. The second kappa shape index (κ2) is 6.67. The normalized spacial score (nSPS) is 10.5. The minimum absolute atomic E-state index is 0.519. The Morgan fingerprint density at radius 2 is 1.55 bits per heavy atom. The number of hydrogen-bond acceptors (Lipinski definition) is 1. The van der Waals surface area contributed by atoms with Gasteiger partial charge in [0.25, 0.3) is 0 Å². The Balaban J connectivity index is 1.74. The predicted octanol–water partition coefficient (Wildman–Crippen LogP) is 5.89. The van der Waals surface area contributed by atoms with E-state index in [0.717, 1.165) is 16.7 Å². The first-order valence-electron chi connectivity index (χ1n) is 7.26. The van der Waals surface area contributed by atoms with Crippen molar-refractivity contribution in [2.75, 3.05) is 0 Å².